The van der Waals surface area contributed by atoms with Gasteiger partial charge in [0, 0.05) is 35.5 Å². The molecule has 0 fully saturated rings. The third kappa shape index (κ3) is 4.70. The van der Waals surface area contributed by atoms with Crippen LogP contribution in [0.3, 0.4) is 0 Å². The maximum absolute atomic E-state index is 10.2. The highest BCUT2D eigenvalue weighted by atomic mass is 35.5. The molecule has 0 aliphatic heterocycles. The van der Waals surface area contributed by atoms with Crippen LogP contribution in [0.4, 0.5) is 5.82 Å². The zero-order chi connectivity index (χ0) is 20.4. The third-order valence-corrected chi connectivity index (χ3v) is 7.42. The summed E-state index contributed by atoms with van der Waals surface area (Å²) in [5, 5.41) is 12.1. The number of nitrogens with zero attached hydrogens (tertiary/aromatic N) is 3. The summed E-state index contributed by atoms with van der Waals surface area (Å²) in [4.78, 5) is 15.5. The molecule has 0 saturated carbocycles. The van der Waals surface area contributed by atoms with E-state index in [9.17, 15) is 5.11 Å². The zero-order valence-electron chi connectivity index (χ0n) is 16.5. The Hall–Kier alpha value is -1.38. The number of hydrogen-bond acceptors (Lipinski definition) is 7. The van der Waals surface area contributed by atoms with Gasteiger partial charge < -0.3 is 14.7 Å². The average molecular weight is 450 g/mol. The van der Waals surface area contributed by atoms with Gasteiger partial charge in [-0.25, -0.2) is 9.97 Å². The lowest BCUT2D eigenvalue weighted by Crippen LogP contribution is -2.32. The second kappa shape index (κ2) is 9.18. The fourth-order valence-electron chi connectivity index (χ4n) is 3.69. The van der Waals surface area contributed by atoms with E-state index in [1.54, 1.807) is 30.2 Å². The molecule has 1 aliphatic carbocycles. The second-order valence-electron chi connectivity index (χ2n) is 7.23. The largest absolute Gasteiger partial charge is 0.389 e. The summed E-state index contributed by atoms with van der Waals surface area (Å²) in [5.74, 6) is 2.40. The number of aliphatic hydroxyl groups is 1. The molecule has 0 bridgehead atoms. The number of benzene rings is 1. The Morgan fingerprint density at radius 3 is 2.83 bits per heavy atom. The van der Waals surface area contributed by atoms with Crippen LogP contribution in [0, 0.1) is 0 Å². The molecule has 4 rings (SSSR count). The Labute approximate surface area is 184 Å². The number of hydrogen-bond donors (Lipinski definition) is 1. The number of ether oxygens (including phenoxy) is 1. The number of thiophene rings is 1. The maximum atomic E-state index is 10.2. The number of methoxy groups -OCH3 is 1. The molecule has 2 aromatic heterocycles. The van der Waals surface area contributed by atoms with Gasteiger partial charge in [0.25, 0.3) is 0 Å². The van der Waals surface area contributed by atoms with Crippen molar-refractivity contribution >= 4 is 50.7 Å². The van der Waals surface area contributed by atoms with Crippen molar-refractivity contribution in [2.24, 2.45) is 0 Å². The van der Waals surface area contributed by atoms with E-state index >= 15 is 0 Å². The minimum atomic E-state index is -0.561. The molecule has 1 unspecified atom stereocenters. The van der Waals surface area contributed by atoms with Gasteiger partial charge in [-0.05, 0) is 49.1 Å². The smallest absolute Gasteiger partial charge is 0.142 e. The molecule has 0 saturated heterocycles. The van der Waals surface area contributed by atoms with Gasteiger partial charge in [0.1, 0.15) is 16.5 Å². The first-order valence-corrected chi connectivity index (χ1v) is 11.8. The summed E-state index contributed by atoms with van der Waals surface area (Å²) in [6.07, 6.45) is 2.84. The number of rotatable bonds is 8. The Morgan fingerprint density at radius 2 is 2.07 bits per heavy atom. The van der Waals surface area contributed by atoms with Crippen molar-refractivity contribution in [2.45, 2.75) is 36.0 Å². The molecule has 1 N–H and O–H groups in total. The first kappa shape index (κ1) is 20.9. The van der Waals surface area contributed by atoms with Gasteiger partial charge in [-0.15, -0.1) is 23.1 Å². The van der Waals surface area contributed by atoms with Gasteiger partial charge in [0.2, 0.25) is 0 Å². The van der Waals surface area contributed by atoms with E-state index < -0.39 is 6.10 Å². The summed E-state index contributed by atoms with van der Waals surface area (Å²) >= 11 is 9.47. The fraction of sp³-hybridized carbons (Fsp3) is 0.429. The van der Waals surface area contributed by atoms with Crippen LogP contribution in [0.1, 0.15) is 22.7 Å². The normalized spacial score (nSPS) is 14.3. The van der Waals surface area contributed by atoms with Crippen molar-refractivity contribution in [3.05, 3.63) is 45.6 Å². The van der Waals surface area contributed by atoms with Crippen LogP contribution in [0.2, 0.25) is 5.02 Å². The van der Waals surface area contributed by atoms with Crippen molar-refractivity contribution in [1.82, 2.24) is 9.97 Å². The van der Waals surface area contributed by atoms with Crippen molar-refractivity contribution in [3.8, 4) is 0 Å². The highest BCUT2D eigenvalue weighted by Gasteiger charge is 2.24. The number of thioether (sulfide) groups is 1. The second-order valence-corrected chi connectivity index (χ2v) is 9.80. The number of fused-ring (bicyclic) bond motifs is 3. The summed E-state index contributed by atoms with van der Waals surface area (Å²) < 4.78 is 5.09. The highest BCUT2D eigenvalue weighted by molar-refractivity contribution is 7.98. The minimum Gasteiger partial charge on any atom is -0.389 e. The molecule has 8 heteroatoms. The van der Waals surface area contributed by atoms with Crippen molar-refractivity contribution in [2.75, 3.05) is 32.2 Å². The number of halogens is 1. The molecule has 1 aliphatic rings. The quantitative estimate of drug-likeness (QED) is 0.508. The molecule has 5 nitrogen and oxygen atoms in total. The Kier molecular flexibility index (Phi) is 6.61. The number of aryl methyl sites for hydroxylation is 2. The average Bonchev–Trinajstić information content (AvgIpc) is 3.28. The molecule has 0 radical (unpaired) electrons. The van der Waals surface area contributed by atoms with Crippen LogP contribution in [0.25, 0.3) is 10.2 Å². The summed E-state index contributed by atoms with van der Waals surface area (Å²) in [6, 6.07) is 7.82. The van der Waals surface area contributed by atoms with Gasteiger partial charge in [0.15, 0.2) is 0 Å². The van der Waals surface area contributed by atoms with E-state index in [1.807, 2.05) is 36.2 Å². The lowest BCUT2D eigenvalue weighted by molar-refractivity contribution is 0.0694. The van der Waals surface area contributed by atoms with Gasteiger partial charge in [-0.1, -0.05) is 11.6 Å². The van der Waals surface area contributed by atoms with Gasteiger partial charge in [-0.3, -0.25) is 0 Å². The van der Waals surface area contributed by atoms with Crippen molar-refractivity contribution < 1.29 is 9.84 Å². The predicted octanol–water partition coefficient (Wildman–Crippen LogP) is 4.57. The maximum Gasteiger partial charge on any atom is 0.142 e. The van der Waals surface area contributed by atoms with Crippen molar-refractivity contribution in [1.29, 1.82) is 0 Å². The van der Waals surface area contributed by atoms with Crippen LogP contribution in [0.5, 0.6) is 0 Å². The Balaban J connectivity index is 1.64. The van der Waals surface area contributed by atoms with Crippen LogP contribution in [0.15, 0.2) is 29.2 Å². The molecule has 0 spiro atoms. The van der Waals surface area contributed by atoms with Crippen LogP contribution in [-0.2, 0) is 23.3 Å². The van der Waals surface area contributed by atoms with E-state index in [4.69, 9.17) is 26.3 Å². The van der Waals surface area contributed by atoms with E-state index in [1.165, 1.54) is 16.9 Å². The molecule has 0 amide bonds. The topological polar surface area (TPSA) is 58.5 Å². The first-order valence-electron chi connectivity index (χ1n) is 9.63. The molecule has 2 heterocycles. The van der Waals surface area contributed by atoms with Crippen LogP contribution >= 0.6 is 34.7 Å². The molecular formula is C21H24ClN3O2S2. The Morgan fingerprint density at radius 1 is 1.28 bits per heavy atom. The lowest BCUT2D eigenvalue weighted by atomic mass is 10.2. The van der Waals surface area contributed by atoms with Crippen LogP contribution in [-0.4, -0.2) is 48.5 Å². The predicted molar refractivity (Wildman–Crippen MR) is 122 cm³/mol. The summed E-state index contributed by atoms with van der Waals surface area (Å²) in [7, 11) is 3.58. The summed E-state index contributed by atoms with van der Waals surface area (Å²) in [5.41, 5.74) is 1.39. The standard InChI is InChI=1S/C21H24ClN3O2S2/c1-25(10-14(26)11-27-2)20-19-16-4-3-5-17(16)29-21(19)24-18(23-20)12-28-15-8-6-13(22)7-9-15/h6-9,14,26H,3-5,10-12H2,1-2H3. The third-order valence-electron chi connectivity index (χ3n) is 4.98. The number of anilines is 1. The number of likely N-dealkylation sites (N-methyl/N-ethyl adjacent to an activating group) is 1. The fourth-order valence-corrected chi connectivity index (χ4v) is 5.84. The zero-order valence-corrected chi connectivity index (χ0v) is 18.9. The van der Waals surface area contributed by atoms with Gasteiger partial charge in [0.05, 0.1) is 23.8 Å². The van der Waals surface area contributed by atoms with Gasteiger partial charge >= 0.3 is 0 Å². The molecular weight excluding hydrogens is 426 g/mol. The van der Waals surface area contributed by atoms with E-state index in [0.717, 1.165) is 44.6 Å². The summed E-state index contributed by atoms with van der Waals surface area (Å²) in [6.45, 7) is 0.772. The SMILES string of the molecule is COCC(O)CN(C)c1nc(CSc2ccc(Cl)cc2)nc2sc3c(c12)CCC3. The number of aromatic nitrogens is 2. The molecule has 3 aromatic rings. The molecule has 29 heavy (non-hydrogen) atoms. The number of aliphatic hydroxyl groups excluding tert-OH is 1. The monoisotopic (exact) mass is 449 g/mol. The van der Waals surface area contributed by atoms with E-state index in [0.29, 0.717) is 18.9 Å². The first-order chi connectivity index (χ1) is 14.0. The molecule has 154 valence electrons. The van der Waals surface area contributed by atoms with E-state index in [2.05, 4.69) is 0 Å². The van der Waals surface area contributed by atoms with Crippen LogP contribution < -0.4 is 4.90 Å². The highest BCUT2D eigenvalue weighted by Crippen LogP contribution is 2.40. The molecule has 1 aromatic carbocycles. The minimum absolute atomic E-state index is 0.305. The van der Waals surface area contributed by atoms with Crippen molar-refractivity contribution in [3.63, 3.8) is 0 Å². The van der Waals surface area contributed by atoms with Gasteiger partial charge in [-0.2, -0.15) is 0 Å². The lowest BCUT2D eigenvalue weighted by Gasteiger charge is -2.23. The van der Waals surface area contributed by atoms with E-state index in [-0.39, 0.29) is 0 Å². The Bertz CT molecular complexity index is 994. The molecule has 1 atom stereocenters.